The minimum Gasteiger partial charge on any atom is -0.344 e. The molecule has 268 valence electrons. The van der Waals surface area contributed by atoms with Crippen molar-refractivity contribution in [2.45, 2.75) is 44.2 Å². The van der Waals surface area contributed by atoms with Crippen molar-refractivity contribution in [2.75, 3.05) is 0 Å². The summed E-state index contributed by atoms with van der Waals surface area (Å²) in [6.07, 6.45) is 1.77. The molecule has 8 aromatic rings. The van der Waals surface area contributed by atoms with Crippen LogP contribution in [0.2, 0.25) is 0 Å². The first-order chi connectivity index (χ1) is 27.5. The van der Waals surface area contributed by atoms with Crippen LogP contribution in [0.25, 0.3) is 43.8 Å². The van der Waals surface area contributed by atoms with Crippen molar-refractivity contribution < 1.29 is 0 Å². The van der Waals surface area contributed by atoms with Crippen molar-refractivity contribution in [3.05, 3.63) is 214 Å². The molecule has 3 heteroatoms. The zero-order chi connectivity index (χ0) is 37.4. The van der Waals surface area contributed by atoms with E-state index in [4.69, 9.17) is 9.98 Å². The molecule has 56 heavy (non-hydrogen) atoms. The summed E-state index contributed by atoms with van der Waals surface area (Å²) in [5.41, 5.74) is 15.6. The van der Waals surface area contributed by atoms with E-state index < -0.39 is 0 Å². The van der Waals surface area contributed by atoms with E-state index in [0.29, 0.717) is 0 Å². The van der Waals surface area contributed by atoms with Gasteiger partial charge in [0.2, 0.25) is 0 Å². The van der Waals surface area contributed by atoms with Crippen LogP contribution in [-0.2, 0) is 11.8 Å². The quantitative estimate of drug-likeness (QED) is 0.181. The summed E-state index contributed by atoms with van der Waals surface area (Å²) in [5, 5.41) is 9.00. The first kappa shape index (κ1) is 32.8. The molecule has 1 aliphatic heterocycles. The van der Waals surface area contributed by atoms with E-state index in [1.807, 2.05) is 12.1 Å². The van der Waals surface area contributed by atoms with Crippen molar-refractivity contribution in [2.24, 2.45) is 9.98 Å². The molecule has 0 amide bonds. The van der Waals surface area contributed by atoms with Crippen molar-refractivity contribution in [1.82, 2.24) is 5.32 Å². The maximum absolute atomic E-state index is 5.21. The summed E-state index contributed by atoms with van der Waals surface area (Å²) in [4.78, 5) is 10.3. The second kappa shape index (κ2) is 12.7. The van der Waals surface area contributed by atoms with Crippen LogP contribution < -0.4 is 5.32 Å². The van der Waals surface area contributed by atoms with Gasteiger partial charge in [-0.2, -0.15) is 0 Å². The van der Waals surface area contributed by atoms with Gasteiger partial charge in [-0.05, 0) is 102 Å². The molecule has 0 saturated heterocycles. The lowest BCUT2D eigenvalue weighted by Crippen LogP contribution is -2.33. The van der Waals surface area contributed by atoms with E-state index >= 15 is 0 Å². The Morgan fingerprint density at radius 1 is 0.554 bits per heavy atom. The zero-order valence-electron chi connectivity index (χ0n) is 31.6. The summed E-state index contributed by atoms with van der Waals surface area (Å²) in [7, 11) is 0. The molecule has 11 rings (SSSR count). The van der Waals surface area contributed by atoms with Gasteiger partial charge in [0.05, 0.1) is 0 Å². The predicted molar refractivity (Wildman–Crippen MR) is 233 cm³/mol. The lowest BCUT2D eigenvalue weighted by molar-refractivity contribution is 0.666. The summed E-state index contributed by atoms with van der Waals surface area (Å²) in [6.45, 7) is 4.86. The number of benzene rings is 8. The van der Waals surface area contributed by atoms with E-state index in [9.17, 15) is 0 Å². The summed E-state index contributed by atoms with van der Waals surface area (Å²) >= 11 is 0. The van der Waals surface area contributed by atoms with Crippen LogP contribution in [0.1, 0.15) is 76.9 Å². The molecular weight excluding hydrogens is 679 g/mol. The Bertz CT molecular complexity index is 2920. The number of hydrogen-bond donors (Lipinski definition) is 1. The predicted octanol–water partition coefficient (Wildman–Crippen LogP) is 12.5. The van der Waals surface area contributed by atoms with Gasteiger partial charge in [-0.15, -0.1) is 0 Å². The highest BCUT2D eigenvalue weighted by Gasteiger charge is 2.40. The van der Waals surface area contributed by atoms with Crippen LogP contribution in [0.4, 0.5) is 0 Å². The normalized spacial score (nSPS) is 17.8. The summed E-state index contributed by atoms with van der Waals surface area (Å²) in [6, 6.07) is 62.1. The first-order valence-corrected chi connectivity index (χ1v) is 19.9. The SMILES string of the molecule is CC1(C)c2cc3c(cc2-c2c1c1ccccc1c1ccccc21)CCC(c1cccc(C2=NC(c4ccccc4)NC(c4ccccc4)=N2)c1)c1ccccc1-3. The Morgan fingerprint density at radius 2 is 1.20 bits per heavy atom. The van der Waals surface area contributed by atoms with Gasteiger partial charge in [0.1, 0.15) is 12.0 Å². The van der Waals surface area contributed by atoms with Gasteiger partial charge < -0.3 is 5.32 Å². The maximum Gasteiger partial charge on any atom is 0.159 e. The van der Waals surface area contributed by atoms with Crippen molar-refractivity contribution in [1.29, 1.82) is 0 Å². The standard InChI is InChI=1S/C53H41N3/c1-53(2)47-32-45-36(31-46(47)48-43-26-13-11-23-40(43)41-24-12-14-27-44(41)49(48)53)28-29-38(39-22-9-10-25-42(39)45)35-20-15-21-37(30-35)52-55-50(33-16-5-3-6-17-33)54-51(56-52)34-18-7-4-8-19-34/h3-27,30-32,38,50H,28-29H2,1-2H3,(H,54,55,56). The number of fused-ring (bicyclic) bond motifs is 11. The fourth-order valence-corrected chi connectivity index (χ4v) is 9.90. The smallest absolute Gasteiger partial charge is 0.159 e. The van der Waals surface area contributed by atoms with Crippen LogP contribution in [0.15, 0.2) is 180 Å². The Labute approximate surface area is 328 Å². The Morgan fingerprint density at radius 3 is 2.00 bits per heavy atom. The van der Waals surface area contributed by atoms with Crippen LogP contribution in [-0.4, -0.2) is 11.7 Å². The van der Waals surface area contributed by atoms with Crippen LogP contribution in [0.5, 0.6) is 0 Å². The molecule has 0 aromatic heterocycles. The van der Waals surface area contributed by atoms with Gasteiger partial charge in [-0.1, -0.05) is 172 Å². The van der Waals surface area contributed by atoms with Crippen molar-refractivity contribution in [3.63, 3.8) is 0 Å². The van der Waals surface area contributed by atoms with Crippen LogP contribution >= 0.6 is 0 Å². The molecular formula is C53H41N3. The minimum atomic E-state index is -0.234. The third kappa shape index (κ3) is 5.11. The molecule has 2 atom stereocenters. The number of nitrogens with zero attached hydrogens (tertiary/aromatic N) is 2. The van der Waals surface area contributed by atoms with E-state index in [1.54, 1.807) is 0 Å². The molecule has 0 spiro atoms. The average Bonchev–Trinajstić information content (AvgIpc) is 3.37. The summed E-state index contributed by atoms with van der Waals surface area (Å²) in [5.74, 6) is 1.81. The van der Waals surface area contributed by atoms with Gasteiger partial charge >= 0.3 is 0 Å². The molecule has 2 unspecified atom stereocenters. The second-order valence-electron chi connectivity index (χ2n) is 16.1. The monoisotopic (exact) mass is 719 g/mol. The number of rotatable bonds is 4. The molecule has 8 aromatic carbocycles. The minimum absolute atomic E-state index is 0.148. The molecule has 1 N–H and O–H groups in total. The molecule has 1 heterocycles. The number of aliphatic imine (C=N–C) groups is 2. The highest BCUT2D eigenvalue weighted by atomic mass is 15.2. The third-order valence-corrected chi connectivity index (χ3v) is 12.5. The molecule has 3 aliphatic rings. The molecule has 3 nitrogen and oxygen atoms in total. The fraction of sp³-hybridized carbons (Fsp3) is 0.132. The number of amidine groups is 2. The number of aryl methyl sites for hydroxylation is 1. The fourth-order valence-electron chi connectivity index (χ4n) is 9.90. The Hall–Kier alpha value is -6.58. The van der Waals surface area contributed by atoms with Crippen LogP contribution in [0, 0.1) is 0 Å². The summed E-state index contributed by atoms with van der Waals surface area (Å²) < 4.78 is 0. The van der Waals surface area contributed by atoms with E-state index in [1.165, 1.54) is 71.6 Å². The van der Waals surface area contributed by atoms with Crippen molar-refractivity contribution >= 4 is 33.2 Å². The van der Waals surface area contributed by atoms with Gasteiger partial charge in [-0.25, -0.2) is 9.98 Å². The van der Waals surface area contributed by atoms with Gasteiger partial charge in [-0.3, -0.25) is 0 Å². The molecule has 0 fully saturated rings. The molecule has 0 bridgehead atoms. The highest BCUT2D eigenvalue weighted by molar-refractivity contribution is 6.18. The van der Waals surface area contributed by atoms with Gasteiger partial charge in [0.25, 0.3) is 0 Å². The lowest BCUT2D eigenvalue weighted by Gasteiger charge is -2.25. The average molecular weight is 720 g/mol. The van der Waals surface area contributed by atoms with Gasteiger partial charge in [0, 0.05) is 22.5 Å². The Kier molecular flexibility index (Phi) is 7.47. The van der Waals surface area contributed by atoms with Gasteiger partial charge in [0.15, 0.2) is 5.84 Å². The highest BCUT2D eigenvalue weighted by Crippen LogP contribution is 2.56. The number of nitrogens with one attached hydrogen (secondary N) is 1. The largest absolute Gasteiger partial charge is 0.344 e. The van der Waals surface area contributed by atoms with Crippen molar-refractivity contribution in [3.8, 4) is 22.3 Å². The van der Waals surface area contributed by atoms with E-state index in [2.05, 4.69) is 177 Å². The molecule has 2 aliphatic carbocycles. The van der Waals surface area contributed by atoms with Crippen LogP contribution in [0.3, 0.4) is 0 Å². The van der Waals surface area contributed by atoms with E-state index in [-0.39, 0.29) is 17.5 Å². The first-order valence-electron chi connectivity index (χ1n) is 19.9. The Balaban J connectivity index is 1.02. The lowest BCUT2D eigenvalue weighted by atomic mass is 9.78. The molecule has 0 radical (unpaired) electrons. The van der Waals surface area contributed by atoms with E-state index in [0.717, 1.165) is 41.2 Å². The third-order valence-electron chi connectivity index (χ3n) is 12.5. The second-order valence-corrected chi connectivity index (χ2v) is 16.1. The molecule has 0 saturated carbocycles. The topological polar surface area (TPSA) is 36.8 Å². The maximum atomic E-state index is 5.21. The zero-order valence-corrected chi connectivity index (χ0v) is 31.6. The number of hydrogen-bond acceptors (Lipinski definition) is 3.